The summed E-state index contributed by atoms with van der Waals surface area (Å²) in [6, 6.07) is 16.7. The van der Waals surface area contributed by atoms with Crippen LogP contribution in [0.15, 0.2) is 53.1 Å². The minimum Gasteiger partial charge on any atom is -0.339 e. The van der Waals surface area contributed by atoms with Crippen LogP contribution in [0.4, 0.5) is 0 Å². The summed E-state index contributed by atoms with van der Waals surface area (Å²) in [4.78, 5) is 4.58. The van der Waals surface area contributed by atoms with Crippen molar-refractivity contribution in [2.75, 3.05) is 0 Å². The SMILES string of the molecule is Cl.NCc1ccc(-c2noc(CC3CCc4ccccc4C3)n2)cc1. The third-order valence-corrected chi connectivity index (χ3v) is 4.83. The molecule has 0 spiro atoms. The average molecular weight is 356 g/mol. The van der Waals surface area contributed by atoms with Gasteiger partial charge in [-0.3, -0.25) is 0 Å². The summed E-state index contributed by atoms with van der Waals surface area (Å²) in [6.07, 6.45) is 4.27. The highest BCUT2D eigenvalue weighted by Crippen LogP contribution is 2.28. The van der Waals surface area contributed by atoms with Gasteiger partial charge in [-0.25, -0.2) is 0 Å². The normalized spacial score (nSPS) is 16.1. The molecule has 0 saturated heterocycles. The van der Waals surface area contributed by atoms with Crippen LogP contribution in [0.25, 0.3) is 11.4 Å². The second-order valence-electron chi connectivity index (χ2n) is 6.49. The molecule has 130 valence electrons. The Balaban J connectivity index is 0.00000182. The lowest BCUT2D eigenvalue weighted by atomic mass is 9.82. The van der Waals surface area contributed by atoms with Crippen molar-refractivity contribution < 1.29 is 4.52 Å². The highest BCUT2D eigenvalue weighted by molar-refractivity contribution is 5.85. The van der Waals surface area contributed by atoms with Gasteiger partial charge in [0, 0.05) is 18.5 Å². The fraction of sp³-hybridized carbons (Fsp3) is 0.300. The topological polar surface area (TPSA) is 64.9 Å². The van der Waals surface area contributed by atoms with E-state index in [2.05, 4.69) is 34.4 Å². The van der Waals surface area contributed by atoms with E-state index in [0.29, 0.717) is 18.3 Å². The maximum absolute atomic E-state index is 5.63. The Hall–Kier alpha value is -2.17. The number of hydrogen-bond acceptors (Lipinski definition) is 4. The van der Waals surface area contributed by atoms with Crippen LogP contribution in [0.3, 0.4) is 0 Å². The maximum Gasteiger partial charge on any atom is 0.227 e. The summed E-state index contributed by atoms with van der Waals surface area (Å²) in [5, 5.41) is 4.13. The molecule has 0 aliphatic heterocycles. The number of benzene rings is 2. The zero-order chi connectivity index (χ0) is 16.4. The van der Waals surface area contributed by atoms with E-state index in [1.165, 1.54) is 17.5 Å². The van der Waals surface area contributed by atoms with Crippen molar-refractivity contribution >= 4 is 12.4 Å². The molecule has 0 amide bonds. The zero-order valence-corrected chi connectivity index (χ0v) is 14.8. The second-order valence-corrected chi connectivity index (χ2v) is 6.49. The van der Waals surface area contributed by atoms with Crippen molar-refractivity contribution in [3.63, 3.8) is 0 Å². The van der Waals surface area contributed by atoms with Crippen LogP contribution in [-0.2, 0) is 25.8 Å². The third-order valence-electron chi connectivity index (χ3n) is 4.83. The van der Waals surface area contributed by atoms with Crippen molar-refractivity contribution in [1.82, 2.24) is 10.1 Å². The van der Waals surface area contributed by atoms with Gasteiger partial charge in [-0.2, -0.15) is 4.98 Å². The van der Waals surface area contributed by atoms with Gasteiger partial charge in [-0.15, -0.1) is 12.4 Å². The number of fused-ring (bicyclic) bond motifs is 1. The second kappa shape index (κ2) is 7.81. The first-order chi connectivity index (χ1) is 11.8. The van der Waals surface area contributed by atoms with E-state index >= 15 is 0 Å². The van der Waals surface area contributed by atoms with Gasteiger partial charge in [0.15, 0.2) is 0 Å². The van der Waals surface area contributed by atoms with Gasteiger partial charge in [-0.05, 0) is 41.9 Å². The van der Waals surface area contributed by atoms with Crippen LogP contribution in [0.2, 0.25) is 0 Å². The van der Waals surface area contributed by atoms with Crippen LogP contribution in [-0.4, -0.2) is 10.1 Å². The highest BCUT2D eigenvalue weighted by atomic mass is 35.5. The third kappa shape index (κ3) is 3.91. The van der Waals surface area contributed by atoms with Crippen LogP contribution in [0.5, 0.6) is 0 Å². The minimum absolute atomic E-state index is 0. The van der Waals surface area contributed by atoms with Gasteiger partial charge < -0.3 is 10.3 Å². The quantitative estimate of drug-likeness (QED) is 0.769. The Morgan fingerprint density at radius 2 is 1.80 bits per heavy atom. The number of nitrogens with two attached hydrogens (primary N) is 1. The molecule has 4 rings (SSSR count). The molecule has 0 fully saturated rings. The smallest absolute Gasteiger partial charge is 0.227 e. The molecule has 2 aromatic carbocycles. The van der Waals surface area contributed by atoms with E-state index in [9.17, 15) is 0 Å². The molecule has 4 nitrogen and oxygen atoms in total. The van der Waals surface area contributed by atoms with E-state index in [1.807, 2.05) is 24.3 Å². The fourth-order valence-corrected chi connectivity index (χ4v) is 3.44. The molecule has 1 aromatic heterocycles. The van der Waals surface area contributed by atoms with Crippen molar-refractivity contribution in [2.24, 2.45) is 11.7 Å². The summed E-state index contributed by atoms with van der Waals surface area (Å²) in [5.41, 5.74) is 10.6. The van der Waals surface area contributed by atoms with Crippen LogP contribution >= 0.6 is 12.4 Å². The molecule has 1 aliphatic carbocycles. The standard InChI is InChI=1S/C20H21N3O.ClH/c21-13-14-5-9-17(10-6-14)20-22-19(24-23-20)12-15-7-8-16-3-1-2-4-18(16)11-15;/h1-6,9-10,15H,7-8,11-13,21H2;1H. The molecule has 0 saturated carbocycles. The van der Waals surface area contributed by atoms with Crippen molar-refractivity contribution in [2.45, 2.75) is 32.2 Å². The van der Waals surface area contributed by atoms with E-state index in [1.54, 1.807) is 0 Å². The molecule has 1 heterocycles. The lowest BCUT2D eigenvalue weighted by molar-refractivity contribution is 0.339. The Bertz CT molecular complexity index is 829. The van der Waals surface area contributed by atoms with E-state index < -0.39 is 0 Å². The Morgan fingerprint density at radius 3 is 2.56 bits per heavy atom. The average Bonchev–Trinajstić information content (AvgIpc) is 3.10. The maximum atomic E-state index is 5.63. The van der Waals surface area contributed by atoms with Crippen molar-refractivity contribution in [3.8, 4) is 11.4 Å². The molecule has 2 N–H and O–H groups in total. The highest BCUT2D eigenvalue weighted by Gasteiger charge is 2.21. The fourth-order valence-electron chi connectivity index (χ4n) is 3.44. The predicted octanol–water partition coefficient (Wildman–Crippen LogP) is 3.96. The summed E-state index contributed by atoms with van der Waals surface area (Å²) < 4.78 is 5.48. The molecule has 0 bridgehead atoms. The van der Waals surface area contributed by atoms with Gasteiger partial charge in [0.2, 0.25) is 11.7 Å². The van der Waals surface area contributed by atoms with Crippen LogP contribution in [0.1, 0.15) is 29.0 Å². The van der Waals surface area contributed by atoms with Crippen molar-refractivity contribution in [1.29, 1.82) is 0 Å². The number of nitrogens with zero attached hydrogens (tertiary/aromatic N) is 2. The monoisotopic (exact) mass is 355 g/mol. The van der Waals surface area contributed by atoms with E-state index in [4.69, 9.17) is 10.3 Å². The summed E-state index contributed by atoms with van der Waals surface area (Å²) in [5.74, 6) is 1.97. The molecule has 5 heteroatoms. The number of aromatic nitrogens is 2. The van der Waals surface area contributed by atoms with E-state index in [-0.39, 0.29) is 12.4 Å². The number of aryl methyl sites for hydroxylation is 1. The van der Waals surface area contributed by atoms with Gasteiger partial charge in [0.05, 0.1) is 0 Å². The van der Waals surface area contributed by atoms with Gasteiger partial charge >= 0.3 is 0 Å². The Morgan fingerprint density at radius 1 is 1.04 bits per heavy atom. The van der Waals surface area contributed by atoms with Gasteiger partial charge in [-0.1, -0.05) is 53.7 Å². The first-order valence-corrected chi connectivity index (χ1v) is 8.50. The molecule has 1 atom stereocenters. The Kier molecular flexibility index (Phi) is 5.51. The Labute approximate surface area is 153 Å². The predicted molar refractivity (Wildman–Crippen MR) is 101 cm³/mol. The molecule has 25 heavy (non-hydrogen) atoms. The number of rotatable bonds is 4. The summed E-state index contributed by atoms with van der Waals surface area (Å²) >= 11 is 0. The summed E-state index contributed by atoms with van der Waals surface area (Å²) in [6.45, 7) is 0.543. The number of hydrogen-bond donors (Lipinski definition) is 1. The van der Waals surface area contributed by atoms with Gasteiger partial charge in [0.1, 0.15) is 0 Å². The molecular formula is C20H22ClN3O. The van der Waals surface area contributed by atoms with Crippen molar-refractivity contribution in [3.05, 3.63) is 71.1 Å². The zero-order valence-electron chi connectivity index (χ0n) is 14.0. The summed E-state index contributed by atoms with van der Waals surface area (Å²) in [7, 11) is 0. The largest absolute Gasteiger partial charge is 0.339 e. The minimum atomic E-state index is 0. The molecule has 1 unspecified atom stereocenters. The van der Waals surface area contributed by atoms with E-state index in [0.717, 1.165) is 36.3 Å². The molecule has 3 aromatic rings. The van der Waals surface area contributed by atoms with Gasteiger partial charge in [0.25, 0.3) is 0 Å². The lowest BCUT2D eigenvalue weighted by Crippen LogP contribution is -2.16. The lowest BCUT2D eigenvalue weighted by Gasteiger charge is -2.23. The van der Waals surface area contributed by atoms with Crippen LogP contribution in [0, 0.1) is 5.92 Å². The molecular weight excluding hydrogens is 334 g/mol. The number of halogens is 1. The first kappa shape index (κ1) is 17.6. The molecule has 0 radical (unpaired) electrons. The van der Waals surface area contributed by atoms with Crippen LogP contribution < -0.4 is 5.73 Å². The molecule has 1 aliphatic rings. The first-order valence-electron chi connectivity index (χ1n) is 8.50.